The summed E-state index contributed by atoms with van der Waals surface area (Å²) < 4.78 is 26.4. The predicted molar refractivity (Wildman–Crippen MR) is 75.6 cm³/mol. The lowest BCUT2D eigenvalue weighted by Crippen LogP contribution is -2.36. The molecule has 0 aliphatic heterocycles. The van der Waals surface area contributed by atoms with Crippen molar-refractivity contribution in [1.29, 1.82) is 0 Å². The van der Waals surface area contributed by atoms with Gasteiger partial charge in [-0.15, -0.1) is 0 Å². The van der Waals surface area contributed by atoms with Crippen LogP contribution in [0.2, 0.25) is 0 Å². The fourth-order valence-corrected chi connectivity index (χ4v) is 2.00. The fraction of sp³-hybridized carbons (Fsp3) is 0.250. The fourth-order valence-electron chi connectivity index (χ4n) is 2.00. The van der Waals surface area contributed by atoms with E-state index >= 15 is 0 Å². The zero-order valence-electron chi connectivity index (χ0n) is 11.5. The van der Waals surface area contributed by atoms with Crippen LogP contribution in [0, 0.1) is 18.6 Å². The minimum Gasteiger partial charge on any atom is -0.394 e. The Morgan fingerprint density at radius 3 is 2.25 bits per heavy atom. The van der Waals surface area contributed by atoms with Crippen LogP contribution >= 0.6 is 0 Å². The number of halogens is 2. The van der Waals surface area contributed by atoms with Crippen molar-refractivity contribution in [2.45, 2.75) is 19.4 Å². The molecule has 0 spiro atoms. The van der Waals surface area contributed by atoms with Gasteiger partial charge in [-0.2, -0.15) is 0 Å². The third kappa shape index (κ3) is 2.96. The lowest BCUT2D eigenvalue weighted by Gasteiger charge is -2.30. The van der Waals surface area contributed by atoms with E-state index in [0.29, 0.717) is 5.56 Å². The highest BCUT2D eigenvalue weighted by atomic mass is 19.2. The molecule has 0 saturated carbocycles. The first kappa shape index (κ1) is 14.5. The van der Waals surface area contributed by atoms with E-state index in [4.69, 9.17) is 0 Å². The Morgan fingerprint density at radius 2 is 1.70 bits per heavy atom. The van der Waals surface area contributed by atoms with Crippen LogP contribution in [-0.2, 0) is 5.54 Å². The summed E-state index contributed by atoms with van der Waals surface area (Å²) in [4.78, 5) is 0. The molecule has 106 valence electrons. The van der Waals surface area contributed by atoms with E-state index in [-0.39, 0.29) is 6.61 Å². The summed E-state index contributed by atoms with van der Waals surface area (Å²) in [5.74, 6) is -1.82. The molecule has 1 atom stereocenters. The molecular formula is C16H17F2NO. The van der Waals surface area contributed by atoms with E-state index in [0.717, 1.165) is 23.4 Å². The van der Waals surface area contributed by atoms with E-state index in [2.05, 4.69) is 5.32 Å². The van der Waals surface area contributed by atoms with Crippen molar-refractivity contribution < 1.29 is 13.9 Å². The van der Waals surface area contributed by atoms with Crippen molar-refractivity contribution in [2.75, 3.05) is 11.9 Å². The SMILES string of the molecule is Cc1ccc(NC(C)(CO)c2ccc(F)c(F)c2)cc1. The molecule has 20 heavy (non-hydrogen) atoms. The van der Waals surface area contributed by atoms with Crippen molar-refractivity contribution in [2.24, 2.45) is 0 Å². The average Bonchev–Trinajstić information content (AvgIpc) is 2.44. The molecule has 1 unspecified atom stereocenters. The van der Waals surface area contributed by atoms with Gasteiger partial charge in [0.25, 0.3) is 0 Å². The Morgan fingerprint density at radius 1 is 1.05 bits per heavy atom. The molecule has 0 aromatic heterocycles. The molecule has 0 saturated heterocycles. The average molecular weight is 277 g/mol. The lowest BCUT2D eigenvalue weighted by molar-refractivity contribution is 0.223. The summed E-state index contributed by atoms with van der Waals surface area (Å²) in [6, 6.07) is 11.3. The van der Waals surface area contributed by atoms with Crippen LogP contribution in [0.15, 0.2) is 42.5 Å². The summed E-state index contributed by atoms with van der Waals surface area (Å²) in [6.07, 6.45) is 0. The molecule has 0 radical (unpaired) electrons. The minimum absolute atomic E-state index is 0.244. The Bertz CT molecular complexity index is 598. The van der Waals surface area contributed by atoms with Crippen molar-refractivity contribution in [3.8, 4) is 0 Å². The first-order valence-electron chi connectivity index (χ1n) is 6.36. The Balaban J connectivity index is 2.32. The summed E-state index contributed by atoms with van der Waals surface area (Å²) in [5, 5.41) is 12.8. The maximum Gasteiger partial charge on any atom is 0.159 e. The summed E-state index contributed by atoms with van der Waals surface area (Å²) in [7, 11) is 0. The standard InChI is InChI=1S/C16H17F2NO/c1-11-3-6-13(7-4-11)19-16(2,10-20)12-5-8-14(17)15(18)9-12/h3-9,19-20H,10H2,1-2H3. The summed E-state index contributed by atoms with van der Waals surface area (Å²) >= 11 is 0. The molecular weight excluding hydrogens is 260 g/mol. The molecule has 2 rings (SSSR count). The molecule has 2 N–H and O–H groups in total. The van der Waals surface area contributed by atoms with Crippen LogP contribution in [0.4, 0.5) is 14.5 Å². The van der Waals surface area contributed by atoms with Gasteiger partial charge in [-0.1, -0.05) is 23.8 Å². The molecule has 4 heteroatoms. The Labute approximate surface area is 117 Å². The number of anilines is 1. The molecule has 0 fully saturated rings. The third-order valence-corrected chi connectivity index (χ3v) is 3.34. The molecule has 0 bridgehead atoms. The highest BCUT2D eigenvalue weighted by Crippen LogP contribution is 2.27. The normalized spacial score (nSPS) is 13.8. The predicted octanol–water partition coefficient (Wildman–Crippen LogP) is 3.59. The number of hydrogen-bond acceptors (Lipinski definition) is 2. The smallest absolute Gasteiger partial charge is 0.159 e. The van der Waals surface area contributed by atoms with Gasteiger partial charge in [0.2, 0.25) is 0 Å². The second-order valence-corrected chi connectivity index (χ2v) is 5.11. The first-order chi connectivity index (χ1) is 9.44. The number of benzene rings is 2. The van der Waals surface area contributed by atoms with Gasteiger partial charge in [0.05, 0.1) is 12.1 Å². The van der Waals surface area contributed by atoms with Crippen molar-refractivity contribution in [3.63, 3.8) is 0 Å². The Kier molecular flexibility index (Phi) is 4.04. The highest BCUT2D eigenvalue weighted by Gasteiger charge is 2.26. The minimum atomic E-state index is -0.923. The molecule has 0 aliphatic rings. The first-order valence-corrected chi connectivity index (χ1v) is 6.36. The van der Waals surface area contributed by atoms with Crippen molar-refractivity contribution in [3.05, 3.63) is 65.2 Å². The van der Waals surface area contributed by atoms with Crippen LogP contribution in [0.1, 0.15) is 18.1 Å². The number of hydrogen-bond donors (Lipinski definition) is 2. The summed E-state index contributed by atoms with van der Waals surface area (Å²) in [6.45, 7) is 3.47. The van der Waals surface area contributed by atoms with Gasteiger partial charge < -0.3 is 10.4 Å². The van der Waals surface area contributed by atoms with E-state index in [9.17, 15) is 13.9 Å². The largest absolute Gasteiger partial charge is 0.394 e. The van der Waals surface area contributed by atoms with Gasteiger partial charge in [0.15, 0.2) is 11.6 Å². The van der Waals surface area contributed by atoms with E-state index < -0.39 is 17.2 Å². The maximum atomic E-state index is 13.4. The van der Waals surface area contributed by atoms with Crippen LogP contribution in [0.25, 0.3) is 0 Å². The topological polar surface area (TPSA) is 32.3 Å². The number of nitrogens with one attached hydrogen (secondary N) is 1. The van der Waals surface area contributed by atoms with Crippen LogP contribution in [0.5, 0.6) is 0 Å². The molecule has 2 nitrogen and oxygen atoms in total. The Hall–Kier alpha value is -1.94. The van der Waals surface area contributed by atoms with Crippen LogP contribution in [0.3, 0.4) is 0 Å². The van der Waals surface area contributed by atoms with Crippen molar-refractivity contribution >= 4 is 5.69 Å². The molecule has 0 heterocycles. The zero-order valence-corrected chi connectivity index (χ0v) is 11.5. The molecule has 2 aromatic carbocycles. The number of aliphatic hydroxyl groups is 1. The van der Waals surface area contributed by atoms with E-state index in [1.54, 1.807) is 6.92 Å². The zero-order chi connectivity index (χ0) is 14.8. The van der Waals surface area contributed by atoms with Crippen molar-refractivity contribution in [1.82, 2.24) is 0 Å². The van der Waals surface area contributed by atoms with E-state index in [1.165, 1.54) is 6.07 Å². The number of aliphatic hydroxyl groups excluding tert-OH is 1. The van der Waals surface area contributed by atoms with Gasteiger partial charge >= 0.3 is 0 Å². The van der Waals surface area contributed by atoms with E-state index in [1.807, 2.05) is 31.2 Å². The number of rotatable bonds is 4. The monoisotopic (exact) mass is 277 g/mol. The van der Waals surface area contributed by atoms with Gasteiger partial charge in [0.1, 0.15) is 0 Å². The second-order valence-electron chi connectivity index (χ2n) is 5.11. The molecule has 0 amide bonds. The van der Waals surface area contributed by atoms with Gasteiger partial charge in [-0.05, 0) is 43.7 Å². The molecule has 0 aliphatic carbocycles. The van der Waals surface area contributed by atoms with Crippen LogP contribution in [-0.4, -0.2) is 11.7 Å². The van der Waals surface area contributed by atoms with Gasteiger partial charge in [0, 0.05) is 5.69 Å². The molecule has 2 aromatic rings. The lowest BCUT2D eigenvalue weighted by atomic mass is 9.92. The number of aryl methyl sites for hydroxylation is 1. The third-order valence-electron chi connectivity index (χ3n) is 3.34. The van der Waals surface area contributed by atoms with Crippen LogP contribution < -0.4 is 5.32 Å². The van der Waals surface area contributed by atoms with Gasteiger partial charge in [-0.25, -0.2) is 8.78 Å². The van der Waals surface area contributed by atoms with Gasteiger partial charge in [-0.3, -0.25) is 0 Å². The maximum absolute atomic E-state index is 13.4. The highest BCUT2D eigenvalue weighted by molar-refractivity contribution is 5.49. The quantitative estimate of drug-likeness (QED) is 0.895. The second kappa shape index (κ2) is 5.59. The summed E-state index contributed by atoms with van der Waals surface area (Å²) in [5.41, 5.74) is 1.52.